The monoisotopic (exact) mass is 392 g/mol. The van der Waals surface area contributed by atoms with Gasteiger partial charge in [0.05, 0.1) is 24.2 Å². The number of nitrogens with zero attached hydrogens (tertiary/aromatic N) is 3. The third kappa shape index (κ3) is 3.28. The zero-order valence-corrected chi connectivity index (χ0v) is 15.2. The van der Waals surface area contributed by atoms with Crippen LogP contribution in [0.25, 0.3) is 11.0 Å². The van der Waals surface area contributed by atoms with Crippen molar-refractivity contribution < 1.29 is 34.8 Å². The quantitative estimate of drug-likeness (QED) is 0.252. The molecular weight excluding hydrogens is 372 g/mol. The van der Waals surface area contributed by atoms with Crippen molar-refractivity contribution in [2.75, 3.05) is 18.7 Å². The molecule has 0 aliphatic carbocycles. The van der Waals surface area contributed by atoms with Gasteiger partial charge in [-0.3, -0.25) is 10.7 Å². The smallest absolute Gasteiger partial charge is 0.384 e. The summed E-state index contributed by atoms with van der Waals surface area (Å²) in [6.07, 6.45) is -0.876. The second-order valence-corrected chi connectivity index (χ2v) is 6.33. The molecule has 0 amide bonds. The molecule has 28 heavy (non-hydrogen) atoms. The van der Waals surface area contributed by atoms with Gasteiger partial charge in [0.15, 0.2) is 12.0 Å². The molecule has 0 bridgehead atoms. The number of aromatic nitrogens is 3. The summed E-state index contributed by atoms with van der Waals surface area (Å²) < 4.78 is 11.8. The number of hydrogen-bond acceptors (Lipinski definition) is 10. The average molecular weight is 392 g/mol. The number of anilines is 1. The Morgan fingerprint density at radius 1 is 1.50 bits per heavy atom. The number of fused-ring (bicyclic) bond motifs is 1. The number of aliphatic hydroxyl groups is 3. The summed E-state index contributed by atoms with van der Waals surface area (Å²) in [5.41, 5.74) is 0.644. The Hall–Kier alpha value is -2.75. The third-order valence-electron chi connectivity index (χ3n) is 4.48. The molecule has 2 aromatic rings. The molecule has 0 unspecified atom stereocenters. The first-order valence-electron chi connectivity index (χ1n) is 8.46. The van der Waals surface area contributed by atoms with Crippen LogP contribution in [0, 0.1) is 11.8 Å². The van der Waals surface area contributed by atoms with E-state index < -0.39 is 36.6 Å². The Kier molecular flexibility index (Phi) is 5.50. The lowest BCUT2D eigenvalue weighted by Gasteiger charge is -2.27. The molecular formula is C17H20N4O7. The van der Waals surface area contributed by atoms with Crippen LogP contribution >= 0.6 is 0 Å². The summed E-state index contributed by atoms with van der Waals surface area (Å²) in [5.74, 6) is 4.23. The van der Waals surface area contributed by atoms with E-state index in [1.165, 1.54) is 24.0 Å². The number of esters is 1. The van der Waals surface area contributed by atoms with Crippen molar-refractivity contribution in [1.29, 1.82) is 0 Å². The van der Waals surface area contributed by atoms with Crippen LogP contribution in [0.4, 0.5) is 5.82 Å². The number of aliphatic hydroxyl groups excluding tert-OH is 2. The highest BCUT2D eigenvalue weighted by Crippen LogP contribution is 2.40. The molecule has 4 atom stereocenters. The minimum atomic E-state index is -1.76. The van der Waals surface area contributed by atoms with Crippen molar-refractivity contribution in [3.8, 4) is 11.8 Å². The van der Waals surface area contributed by atoms with Gasteiger partial charge in [-0.2, -0.15) is 0 Å². The molecule has 1 aliphatic rings. The summed E-state index contributed by atoms with van der Waals surface area (Å²) >= 11 is 0. The van der Waals surface area contributed by atoms with Crippen LogP contribution in [0.3, 0.4) is 0 Å². The molecule has 5 N–H and O–H groups in total. The van der Waals surface area contributed by atoms with Crippen molar-refractivity contribution in [1.82, 2.24) is 14.5 Å². The molecule has 11 nitrogen and oxygen atoms in total. The van der Waals surface area contributed by atoms with E-state index in [1.807, 2.05) is 5.48 Å². The van der Waals surface area contributed by atoms with Crippen LogP contribution in [0.1, 0.15) is 25.6 Å². The van der Waals surface area contributed by atoms with E-state index in [4.69, 9.17) is 9.47 Å². The fourth-order valence-corrected chi connectivity index (χ4v) is 3.12. The number of carbonyl (C=O) groups excluding carboxylic acids is 1. The minimum absolute atomic E-state index is 0.0220. The number of hydrogen-bond donors (Lipinski definition) is 5. The van der Waals surface area contributed by atoms with E-state index in [-0.39, 0.29) is 29.0 Å². The van der Waals surface area contributed by atoms with Crippen molar-refractivity contribution in [2.45, 2.75) is 37.9 Å². The van der Waals surface area contributed by atoms with Crippen molar-refractivity contribution >= 4 is 22.8 Å². The van der Waals surface area contributed by atoms with Crippen molar-refractivity contribution in [2.24, 2.45) is 0 Å². The highest BCUT2D eigenvalue weighted by molar-refractivity contribution is 5.95. The molecule has 3 heterocycles. The molecule has 0 aromatic carbocycles. The van der Waals surface area contributed by atoms with Gasteiger partial charge in [0.2, 0.25) is 0 Å². The fourth-order valence-electron chi connectivity index (χ4n) is 3.12. The Labute approximate surface area is 159 Å². The van der Waals surface area contributed by atoms with Gasteiger partial charge in [-0.05, 0) is 13.8 Å². The van der Waals surface area contributed by atoms with Gasteiger partial charge in [-0.1, -0.05) is 5.92 Å². The molecule has 0 radical (unpaired) electrons. The van der Waals surface area contributed by atoms with Gasteiger partial charge < -0.3 is 29.4 Å². The van der Waals surface area contributed by atoms with Gasteiger partial charge in [0, 0.05) is 12.1 Å². The van der Waals surface area contributed by atoms with Gasteiger partial charge in [0.25, 0.3) is 0 Å². The fraction of sp³-hybridized carbons (Fsp3) is 0.471. The van der Waals surface area contributed by atoms with Gasteiger partial charge in [-0.25, -0.2) is 14.8 Å². The van der Waals surface area contributed by atoms with Crippen LogP contribution in [0.5, 0.6) is 0 Å². The molecule has 11 heteroatoms. The predicted octanol–water partition coefficient (Wildman–Crippen LogP) is -0.851. The first kappa shape index (κ1) is 20.0. The highest BCUT2D eigenvalue weighted by Gasteiger charge is 2.53. The van der Waals surface area contributed by atoms with E-state index >= 15 is 0 Å². The van der Waals surface area contributed by atoms with Crippen LogP contribution in [0.15, 0.2) is 12.5 Å². The molecule has 0 spiro atoms. The first-order chi connectivity index (χ1) is 13.3. The Morgan fingerprint density at radius 2 is 2.25 bits per heavy atom. The summed E-state index contributed by atoms with van der Waals surface area (Å²) in [7, 11) is 0. The Morgan fingerprint density at radius 3 is 2.86 bits per heavy atom. The van der Waals surface area contributed by atoms with Crippen molar-refractivity contribution in [3.05, 3.63) is 18.1 Å². The standard InChI is InChI=1S/C17H20N4O7/c1-3-27-11(23)5-4-9-6-21(15-12(9)14(20-26)18-8-19-15)16-17(2,25)13(24)10(7-22)28-16/h6,8,10,13,16,22,24-26H,3,7H2,1-2H3,(H,18,19,20)/t10-,13-,16-,17-/m1/s1. The van der Waals surface area contributed by atoms with Crippen LogP contribution in [-0.2, 0) is 14.3 Å². The van der Waals surface area contributed by atoms with Crippen LogP contribution < -0.4 is 5.48 Å². The number of ether oxygens (including phenoxy) is 2. The zero-order valence-electron chi connectivity index (χ0n) is 15.2. The summed E-state index contributed by atoms with van der Waals surface area (Å²) in [5, 5.41) is 40.0. The topological polar surface area (TPSA) is 159 Å². The maximum absolute atomic E-state index is 11.6. The SMILES string of the molecule is CCOC(=O)C#Cc1cn([C@@H]2O[C@H](CO)[C@@H](O)[C@@]2(C)O)c2ncnc(NO)c12. The van der Waals surface area contributed by atoms with Gasteiger partial charge >= 0.3 is 5.97 Å². The van der Waals surface area contributed by atoms with E-state index in [1.54, 1.807) is 6.92 Å². The normalized spacial score (nSPS) is 26.7. The van der Waals surface area contributed by atoms with Crippen molar-refractivity contribution in [3.63, 3.8) is 0 Å². The van der Waals surface area contributed by atoms with E-state index in [0.717, 1.165) is 0 Å². The third-order valence-corrected chi connectivity index (χ3v) is 4.48. The molecule has 2 aromatic heterocycles. The second-order valence-electron chi connectivity index (χ2n) is 6.33. The predicted molar refractivity (Wildman–Crippen MR) is 94.1 cm³/mol. The number of carbonyl (C=O) groups is 1. The largest absolute Gasteiger partial charge is 0.456 e. The number of nitrogens with one attached hydrogen (secondary N) is 1. The summed E-state index contributed by atoms with van der Waals surface area (Å²) in [4.78, 5) is 19.6. The molecule has 1 aliphatic heterocycles. The van der Waals surface area contributed by atoms with E-state index in [9.17, 15) is 25.3 Å². The molecule has 1 saturated heterocycles. The lowest BCUT2D eigenvalue weighted by Crippen LogP contribution is -2.44. The van der Waals surface area contributed by atoms with Gasteiger partial charge in [0.1, 0.15) is 29.8 Å². The molecule has 0 saturated carbocycles. The second kappa shape index (κ2) is 7.70. The average Bonchev–Trinajstić information content (AvgIpc) is 3.15. The molecule has 150 valence electrons. The Bertz CT molecular complexity index is 946. The summed E-state index contributed by atoms with van der Waals surface area (Å²) in [6.45, 7) is 2.68. The first-order valence-corrected chi connectivity index (χ1v) is 8.46. The Balaban J connectivity index is 2.16. The lowest BCUT2D eigenvalue weighted by atomic mass is 9.96. The molecule has 1 fully saturated rings. The summed E-state index contributed by atoms with van der Waals surface area (Å²) in [6, 6.07) is 0. The lowest BCUT2D eigenvalue weighted by molar-refractivity contribution is -0.136. The van der Waals surface area contributed by atoms with Gasteiger partial charge in [-0.15, -0.1) is 0 Å². The van der Waals surface area contributed by atoms with E-state index in [2.05, 4.69) is 21.8 Å². The van der Waals surface area contributed by atoms with Crippen LogP contribution in [0.2, 0.25) is 0 Å². The minimum Gasteiger partial charge on any atom is -0.456 e. The maximum Gasteiger partial charge on any atom is 0.384 e. The zero-order chi connectivity index (χ0) is 20.5. The highest BCUT2D eigenvalue weighted by atomic mass is 16.6. The van der Waals surface area contributed by atoms with Crippen LogP contribution in [-0.4, -0.2) is 72.1 Å². The number of rotatable bonds is 4. The maximum atomic E-state index is 11.6. The van der Waals surface area contributed by atoms with E-state index in [0.29, 0.717) is 0 Å². The molecule has 3 rings (SSSR count).